The summed E-state index contributed by atoms with van der Waals surface area (Å²) in [5.74, 6) is 2.99. The molecule has 0 saturated heterocycles. The fourth-order valence-corrected chi connectivity index (χ4v) is 3.29. The van der Waals surface area contributed by atoms with Gasteiger partial charge in [0.15, 0.2) is 0 Å². The molecule has 0 spiro atoms. The third-order valence-electron chi connectivity index (χ3n) is 4.87. The van der Waals surface area contributed by atoms with E-state index in [4.69, 9.17) is 32.5 Å². The van der Waals surface area contributed by atoms with Crippen molar-refractivity contribution in [3.63, 3.8) is 0 Å². The van der Waals surface area contributed by atoms with Gasteiger partial charge in [-0.1, -0.05) is 35.9 Å². The molecule has 4 N–H and O–H groups in total. The molecule has 0 fully saturated rings. The number of rotatable bonds is 7. The number of ether oxygens (including phenoxy) is 2. The molecule has 156 valence electrons. The van der Waals surface area contributed by atoms with E-state index in [1.165, 1.54) is 11.1 Å². The van der Waals surface area contributed by atoms with Gasteiger partial charge in [0.1, 0.15) is 23.0 Å². The van der Waals surface area contributed by atoms with Gasteiger partial charge in [0.05, 0.1) is 10.7 Å². The van der Waals surface area contributed by atoms with Crippen molar-refractivity contribution in [2.24, 2.45) is 0 Å². The summed E-state index contributed by atoms with van der Waals surface area (Å²) in [6.45, 7) is 0. The van der Waals surface area contributed by atoms with Gasteiger partial charge in [0, 0.05) is 11.8 Å². The summed E-state index contributed by atoms with van der Waals surface area (Å²) in [7, 11) is 0. The van der Waals surface area contributed by atoms with Gasteiger partial charge in [-0.15, -0.1) is 0 Å². The Bertz CT molecular complexity index is 1140. The molecule has 0 heterocycles. The Labute approximate surface area is 187 Å². The van der Waals surface area contributed by atoms with Crippen LogP contribution >= 0.6 is 11.6 Å². The van der Waals surface area contributed by atoms with Crippen LogP contribution in [-0.2, 0) is 12.8 Å². The molecule has 0 aromatic heterocycles. The van der Waals surface area contributed by atoms with Crippen LogP contribution in [0.3, 0.4) is 0 Å². The van der Waals surface area contributed by atoms with Crippen molar-refractivity contribution < 1.29 is 9.47 Å². The van der Waals surface area contributed by atoms with E-state index >= 15 is 0 Å². The molecule has 0 radical (unpaired) electrons. The molecule has 4 aromatic rings. The molecule has 31 heavy (non-hydrogen) atoms. The molecule has 0 atom stereocenters. The lowest BCUT2D eigenvalue weighted by atomic mass is 10.0. The fourth-order valence-electron chi connectivity index (χ4n) is 3.12. The molecule has 0 aliphatic carbocycles. The van der Waals surface area contributed by atoms with Crippen molar-refractivity contribution in [1.82, 2.24) is 0 Å². The number of anilines is 2. The highest BCUT2D eigenvalue weighted by Crippen LogP contribution is 2.28. The smallest absolute Gasteiger partial charge is 0.129 e. The van der Waals surface area contributed by atoms with Crippen molar-refractivity contribution in [2.75, 3.05) is 11.5 Å². The molecule has 0 bridgehead atoms. The SMILES string of the molecule is Nc1ccc(Oc2ccc(CCc3ccc(Oc4ccc(N)c(Cl)c4)cc3)cc2)cc1. The number of aryl methyl sites for hydroxylation is 2. The summed E-state index contributed by atoms with van der Waals surface area (Å²) in [6.07, 6.45) is 1.88. The first-order valence-electron chi connectivity index (χ1n) is 9.99. The van der Waals surface area contributed by atoms with E-state index in [0.29, 0.717) is 16.5 Å². The van der Waals surface area contributed by atoms with Crippen LogP contribution in [0, 0.1) is 0 Å². The largest absolute Gasteiger partial charge is 0.457 e. The van der Waals surface area contributed by atoms with Crippen LogP contribution < -0.4 is 20.9 Å². The van der Waals surface area contributed by atoms with E-state index in [1.54, 1.807) is 18.2 Å². The number of halogens is 1. The summed E-state index contributed by atoms with van der Waals surface area (Å²) < 4.78 is 11.7. The molecule has 4 aromatic carbocycles. The second-order valence-corrected chi connectivity index (χ2v) is 7.65. The zero-order chi connectivity index (χ0) is 21.6. The topological polar surface area (TPSA) is 70.5 Å². The fraction of sp³-hybridized carbons (Fsp3) is 0.0769. The molecule has 4 rings (SSSR count). The lowest BCUT2D eigenvalue weighted by Gasteiger charge is -2.09. The van der Waals surface area contributed by atoms with Crippen LogP contribution in [0.4, 0.5) is 11.4 Å². The van der Waals surface area contributed by atoms with E-state index in [0.717, 1.165) is 35.8 Å². The van der Waals surface area contributed by atoms with E-state index in [-0.39, 0.29) is 0 Å². The van der Waals surface area contributed by atoms with Crippen LogP contribution in [0.25, 0.3) is 0 Å². The highest BCUT2D eigenvalue weighted by atomic mass is 35.5. The Morgan fingerprint density at radius 1 is 0.548 bits per heavy atom. The van der Waals surface area contributed by atoms with Gasteiger partial charge in [-0.3, -0.25) is 0 Å². The summed E-state index contributed by atoms with van der Waals surface area (Å²) >= 11 is 6.04. The highest BCUT2D eigenvalue weighted by molar-refractivity contribution is 6.33. The Balaban J connectivity index is 1.30. The predicted molar refractivity (Wildman–Crippen MR) is 127 cm³/mol. The molecular weight excluding hydrogens is 408 g/mol. The van der Waals surface area contributed by atoms with Crippen LogP contribution in [-0.4, -0.2) is 0 Å². The standard InChI is InChI=1S/C26H23ClN2O2/c27-25-17-24(15-16-26(25)29)31-22-11-5-19(6-12-22)2-1-18-3-9-21(10-4-18)30-23-13-7-20(28)8-14-23/h3-17H,1-2,28-29H2. The molecule has 5 heteroatoms. The number of benzene rings is 4. The third-order valence-corrected chi connectivity index (χ3v) is 5.20. The molecular formula is C26H23ClN2O2. The Hall–Kier alpha value is -3.63. The van der Waals surface area contributed by atoms with Gasteiger partial charge in [-0.25, -0.2) is 0 Å². The van der Waals surface area contributed by atoms with E-state index in [9.17, 15) is 0 Å². The molecule has 0 aliphatic heterocycles. The first-order chi connectivity index (χ1) is 15.0. The quantitative estimate of drug-likeness (QED) is 0.314. The van der Waals surface area contributed by atoms with Gasteiger partial charge in [-0.2, -0.15) is 0 Å². The highest BCUT2D eigenvalue weighted by Gasteiger charge is 2.03. The summed E-state index contributed by atoms with van der Waals surface area (Å²) in [5.41, 5.74) is 15.2. The number of nitrogen functional groups attached to an aromatic ring is 2. The van der Waals surface area contributed by atoms with Crippen LogP contribution in [0.15, 0.2) is 91.0 Å². The number of hydrogen-bond donors (Lipinski definition) is 2. The van der Waals surface area contributed by atoms with E-state index in [2.05, 4.69) is 24.3 Å². The van der Waals surface area contributed by atoms with Crippen LogP contribution in [0.1, 0.15) is 11.1 Å². The molecule has 4 nitrogen and oxygen atoms in total. The van der Waals surface area contributed by atoms with Crippen LogP contribution in [0.5, 0.6) is 23.0 Å². The minimum Gasteiger partial charge on any atom is -0.457 e. The second-order valence-electron chi connectivity index (χ2n) is 7.24. The van der Waals surface area contributed by atoms with Gasteiger partial charge < -0.3 is 20.9 Å². The monoisotopic (exact) mass is 430 g/mol. The zero-order valence-corrected chi connectivity index (χ0v) is 17.7. The van der Waals surface area contributed by atoms with Gasteiger partial charge in [0.2, 0.25) is 0 Å². The van der Waals surface area contributed by atoms with E-state index in [1.807, 2.05) is 48.5 Å². The first-order valence-corrected chi connectivity index (χ1v) is 10.4. The first kappa shape index (κ1) is 20.6. The maximum absolute atomic E-state index is 6.04. The number of nitrogens with two attached hydrogens (primary N) is 2. The molecule has 0 saturated carbocycles. The Morgan fingerprint density at radius 3 is 1.45 bits per heavy atom. The average Bonchev–Trinajstić information content (AvgIpc) is 2.78. The Kier molecular flexibility index (Phi) is 6.29. The minimum atomic E-state index is 0.485. The summed E-state index contributed by atoms with van der Waals surface area (Å²) in [5, 5.41) is 0.485. The van der Waals surface area contributed by atoms with Crippen molar-refractivity contribution in [2.45, 2.75) is 12.8 Å². The minimum absolute atomic E-state index is 0.485. The normalized spacial score (nSPS) is 10.6. The lowest BCUT2D eigenvalue weighted by Crippen LogP contribution is -1.93. The molecule has 0 unspecified atom stereocenters. The maximum atomic E-state index is 6.04. The van der Waals surface area contributed by atoms with Crippen LogP contribution in [0.2, 0.25) is 5.02 Å². The summed E-state index contributed by atoms with van der Waals surface area (Å²) in [4.78, 5) is 0. The van der Waals surface area contributed by atoms with E-state index < -0.39 is 0 Å². The molecule has 0 aliphatic rings. The maximum Gasteiger partial charge on any atom is 0.129 e. The van der Waals surface area contributed by atoms with Crippen molar-refractivity contribution in [3.8, 4) is 23.0 Å². The van der Waals surface area contributed by atoms with Crippen molar-refractivity contribution in [1.29, 1.82) is 0 Å². The van der Waals surface area contributed by atoms with Gasteiger partial charge >= 0.3 is 0 Å². The second kappa shape index (κ2) is 9.45. The predicted octanol–water partition coefficient (Wildman–Crippen LogP) is 6.87. The summed E-state index contributed by atoms with van der Waals surface area (Å²) in [6, 6.07) is 28.8. The number of hydrogen-bond acceptors (Lipinski definition) is 4. The van der Waals surface area contributed by atoms with Crippen molar-refractivity contribution >= 4 is 23.0 Å². The van der Waals surface area contributed by atoms with Gasteiger partial charge in [-0.05, 0) is 84.6 Å². The lowest BCUT2D eigenvalue weighted by molar-refractivity contribution is 0.482. The zero-order valence-electron chi connectivity index (χ0n) is 16.9. The average molecular weight is 431 g/mol. The Morgan fingerprint density at radius 2 is 0.968 bits per heavy atom. The third kappa shape index (κ3) is 5.71. The van der Waals surface area contributed by atoms with Gasteiger partial charge in [0.25, 0.3) is 0 Å². The molecule has 0 amide bonds. The van der Waals surface area contributed by atoms with Crippen molar-refractivity contribution in [3.05, 3.63) is 107 Å².